The van der Waals surface area contributed by atoms with Crippen molar-refractivity contribution >= 4 is 11.9 Å². The van der Waals surface area contributed by atoms with Gasteiger partial charge in [0.2, 0.25) is 0 Å². The van der Waals surface area contributed by atoms with E-state index in [2.05, 4.69) is 10.1 Å². The summed E-state index contributed by atoms with van der Waals surface area (Å²) in [6.45, 7) is 2.05. The molecule has 1 amide bonds. The lowest BCUT2D eigenvalue weighted by Crippen LogP contribution is -2.26. The second-order valence-electron chi connectivity index (χ2n) is 3.48. The maximum Gasteiger partial charge on any atom is 0.307 e. The van der Waals surface area contributed by atoms with Crippen LogP contribution in [0.15, 0.2) is 18.2 Å². The van der Waals surface area contributed by atoms with Crippen molar-refractivity contribution in [2.75, 3.05) is 13.2 Å². The molecule has 3 N–H and O–H groups in total. The van der Waals surface area contributed by atoms with Gasteiger partial charge in [-0.1, -0.05) is 6.07 Å². The van der Waals surface area contributed by atoms with Crippen LogP contribution in [0, 0.1) is 0 Å². The van der Waals surface area contributed by atoms with Crippen LogP contribution in [0.3, 0.4) is 0 Å². The zero-order valence-corrected chi connectivity index (χ0v) is 9.97. The van der Waals surface area contributed by atoms with Crippen molar-refractivity contribution in [1.29, 1.82) is 0 Å². The number of carbonyl (C=O) groups excluding carboxylic acids is 2. The van der Waals surface area contributed by atoms with E-state index in [9.17, 15) is 19.8 Å². The first kappa shape index (κ1) is 13.8. The van der Waals surface area contributed by atoms with Gasteiger partial charge in [-0.15, -0.1) is 0 Å². The van der Waals surface area contributed by atoms with Crippen molar-refractivity contribution in [3.8, 4) is 11.5 Å². The molecule has 0 saturated heterocycles. The van der Waals surface area contributed by atoms with Gasteiger partial charge in [-0.25, -0.2) is 0 Å². The SMILES string of the molecule is CCOC(=O)CCNC(=O)c1c(O)cccc1O. The molecule has 0 aromatic heterocycles. The van der Waals surface area contributed by atoms with Crippen LogP contribution < -0.4 is 5.32 Å². The van der Waals surface area contributed by atoms with Gasteiger partial charge in [-0.3, -0.25) is 9.59 Å². The Morgan fingerprint density at radius 1 is 1.28 bits per heavy atom. The highest BCUT2D eigenvalue weighted by Gasteiger charge is 2.15. The number of esters is 1. The van der Waals surface area contributed by atoms with Crippen LogP contribution in [0.25, 0.3) is 0 Å². The van der Waals surface area contributed by atoms with Gasteiger partial charge < -0.3 is 20.3 Å². The van der Waals surface area contributed by atoms with E-state index >= 15 is 0 Å². The maximum absolute atomic E-state index is 11.6. The molecule has 6 heteroatoms. The number of ether oxygens (including phenoxy) is 1. The smallest absolute Gasteiger partial charge is 0.307 e. The average molecular weight is 253 g/mol. The lowest BCUT2D eigenvalue weighted by Gasteiger charge is -2.08. The fourth-order valence-electron chi connectivity index (χ4n) is 1.36. The molecule has 0 aliphatic carbocycles. The monoisotopic (exact) mass is 253 g/mol. The summed E-state index contributed by atoms with van der Waals surface area (Å²) < 4.78 is 4.69. The Morgan fingerprint density at radius 2 is 1.89 bits per heavy atom. The van der Waals surface area contributed by atoms with Gasteiger partial charge >= 0.3 is 5.97 Å². The minimum atomic E-state index is -0.644. The third-order valence-electron chi connectivity index (χ3n) is 2.17. The zero-order chi connectivity index (χ0) is 13.5. The summed E-state index contributed by atoms with van der Waals surface area (Å²) in [5.74, 6) is -1.69. The molecule has 0 atom stereocenters. The molecule has 98 valence electrons. The van der Waals surface area contributed by atoms with Gasteiger partial charge in [0.05, 0.1) is 13.0 Å². The number of rotatable bonds is 5. The van der Waals surface area contributed by atoms with Crippen molar-refractivity contribution in [3.05, 3.63) is 23.8 Å². The number of phenols is 2. The summed E-state index contributed by atoms with van der Waals surface area (Å²) >= 11 is 0. The predicted octanol–water partition coefficient (Wildman–Crippen LogP) is 0.781. The molecule has 18 heavy (non-hydrogen) atoms. The molecule has 1 rings (SSSR count). The van der Waals surface area contributed by atoms with Crippen molar-refractivity contribution in [3.63, 3.8) is 0 Å². The standard InChI is InChI=1S/C12H15NO5/c1-2-18-10(16)6-7-13-12(17)11-8(14)4-3-5-9(11)15/h3-5,14-15H,2,6-7H2,1H3,(H,13,17). The Bertz CT molecular complexity index is 424. The third kappa shape index (κ3) is 3.65. The van der Waals surface area contributed by atoms with Crippen LogP contribution in [0.5, 0.6) is 11.5 Å². The Kier molecular flexibility index (Phi) is 4.98. The number of nitrogens with one attached hydrogen (secondary N) is 1. The fraction of sp³-hybridized carbons (Fsp3) is 0.333. The molecule has 1 aromatic rings. The summed E-state index contributed by atoms with van der Waals surface area (Å²) in [5, 5.41) is 21.3. The van der Waals surface area contributed by atoms with Crippen molar-refractivity contribution < 1.29 is 24.5 Å². The summed E-state index contributed by atoms with van der Waals surface area (Å²) in [7, 11) is 0. The van der Waals surface area contributed by atoms with Crippen LogP contribution in [0.4, 0.5) is 0 Å². The highest BCUT2D eigenvalue weighted by atomic mass is 16.5. The van der Waals surface area contributed by atoms with E-state index < -0.39 is 11.9 Å². The summed E-state index contributed by atoms with van der Waals surface area (Å²) in [6, 6.07) is 4.00. The molecule has 6 nitrogen and oxygen atoms in total. The summed E-state index contributed by atoms with van der Waals surface area (Å²) in [6.07, 6.45) is 0.0357. The Hall–Kier alpha value is -2.24. The van der Waals surface area contributed by atoms with E-state index in [1.54, 1.807) is 6.92 Å². The number of hydrogen-bond acceptors (Lipinski definition) is 5. The molecule has 0 saturated carbocycles. The predicted molar refractivity (Wildman–Crippen MR) is 63.4 cm³/mol. The van der Waals surface area contributed by atoms with E-state index in [1.165, 1.54) is 18.2 Å². The van der Waals surface area contributed by atoms with Crippen LogP contribution in [0.2, 0.25) is 0 Å². The van der Waals surface area contributed by atoms with Gasteiger partial charge in [-0.05, 0) is 19.1 Å². The second-order valence-corrected chi connectivity index (χ2v) is 3.48. The molecule has 0 fully saturated rings. The lowest BCUT2D eigenvalue weighted by atomic mass is 10.1. The topological polar surface area (TPSA) is 95.9 Å². The van der Waals surface area contributed by atoms with E-state index in [4.69, 9.17) is 0 Å². The summed E-state index contributed by atoms with van der Waals surface area (Å²) in [4.78, 5) is 22.7. The molecule has 0 radical (unpaired) electrons. The van der Waals surface area contributed by atoms with Gasteiger partial charge in [0, 0.05) is 6.54 Å². The zero-order valence-electron chi connectivity index (χ0n) is 9.97. The van der Waals surface area contributed by atoms with E-state index in [0.717, 1.165) is 0 Å². The Labute approximate surface area is 104 Å². The first-order valence-corrected chi connectivity index (χ1v) is 5.51. The number of phenolic OH excluding ortho intramolecular Hbond substituents is 2. The third-order valence-corrected chi connectivity index (χ3v) is 2.17. The second kappa shape index (κ2) is 6.48. The normalized spacial score (nSPS) is 9.83. The van der Waals surface area contributed by atoms with Crippen molar-refractivity contribution in [2.45, 2.75) is 13.3 Å². The van der Waals surface area contributed by atoms with Crippen LogP contribution in [-0.2, 0) is 9.53 Å². The first-order chi connectivity index (χ1) is 8.56. The van der Waals surface area contributed by atoms with Gasteiger partial charge in [0.25, 0.3) is 5.91 Å². The van der Waals surface area contributed by atoms with Crippen molar-refractivity contribution in [1.82, 2.24) is 5.32 Å². The van der Waals surface area contributed by atoms with Gasteiger partial charge in [0.1, 0.15) is 17.1 Å². The molecule has 0 heterocycles. The molecule has 0 bridgehead atoms. The van der Waals surface area contributed by atoms with Gasteiger partial charge in [0.15, 0.2) is 0 Å². The molecular formula is C12H15NO5. The number of amides is 1. The minimum absolute atomic E-state index is 0.0357. The fourth-order valence-corrected chi connectivity index (χ4v) is 1.36. The molecule has 0 aliphatic rings. The van der Waals surface area contributed by atoms with E-state index in [0.29, 0.717) is 0 Å². The highest BCUT2D eigenvalue weighted by molar-refractivity contribution is 5.99. The molecule has 1 aromatic carbocycles. The number of hydrogen-bond donors (Lipinski definition) is 3. The highest BCUT2D eigenvalue weighted by Crippen LogP contribution is 2.25. The van der Waals surface area contributed by atoms with Crippen LogP contribution >= 0.6 is 0 Å². The van der Waals surface area contributed by atoms with Crippen molar-refractivity contribution in [2.24, 2.45) is 0 Å². The molecule has 0 aliphatic heterocycles. The van der Waals surface area contributed by atoms with Gasteiger partial charge in [-0.2, -0.15) is 0 Å². The minimum Gasteiger partial charge on any atom is -0.507 e. The molecule has 0 spiro atoms. The Morgan fingerprint density at radius 3 is 2.44 bits per heavy atom. The molecule has 0 unspecified atom stereocenters. The summed E-state index contributed by atoms with van der Waals surface area (Å²) in [5.41, 5.74) is -0.207. The van der Waals surface area contributed by atoms with E-state index in [-0.39, 0.29) is 36.6 Å². The van der Waals surface area contributed by atoms with Crippen LogP contribution in [-0.4, -0.2) is 35.2 Å². The first-order valence-electron chi connectivity index (χ1n) is 5.51. The number of aromatic hydroxyl groups is 2. The lowest BCUT2D eigenvalue weighted by molar-refractivity contribution is -0.142. The Balaban J connectivity index is 2.53. The largest absolute Gasteiger partial charge is 0.507 e. The number of benzene rings is 1. The quantitative estimate of drug-likeness (QED) is 0.674. The van der Waals surface area contributed by atoms with Crippen LogP contribution in [0.1, 0.15) is 23.7 Å². The van der Waals surface area contributed by atoms with E-state index in [1.807, 2.05) is 0 Å². The maximum atomic E-state index is 11.6. The number of carbonyl (C=O) groups is 2. The average Bonchev–Trinajstić information content (AvgIpc) is 2.29. The molecular weight excluding hydrogens is 238 g/mol.